The number of hydrogen-bond acceptors (Lipinski definition) is 2. The highest BCUT2D eigenvalue weighted by Crippen LogP contribution is 2.36. The van der Waals surface area contributed by atoms with Crippen LogP contribution in [0.4, 0.5) is 4.39 Å². The van der Waals surface area contributed by atoms with Crippen LogP contribution in [0.3, 0.4) is 0 Å². The Hall–Kier alpha value is -0.750. The highest BCUT2D eigenvalue weighted by atomic mass is 79.9. The van der Waals surface area contributed by atoms with Crippen LogP contribution in [-0.4, -0.2) is 0 Å². The molecular formula is C15H10Br2FNS. The molecule has 0 radical (unpaired) electrons. The molecule has 0 aliphatic carbocycles. The Morgan fingerprint density at radius 3 is 2.70 bits per heavy atom. The van der Waals surface area contributed by atoms with Crippen LogP contribution >= 0.6 is 43.2 Å². The lowest BCUT2D eigenvalue weighted by atomic mass is 9.99. The molecule has 1 heterocycles. The van der Waals surface area contributed by atoms with E-state index in [0.29, 0.717) is 4.47 Å². The molecule has 0 bridgehead atoms. The fourth-order valence-corrected chi connectivity index (χ4v) is 4.36. The number of benzene rings is 2. The van der Waals surface area contributed by atoms with Gasteiger partial charge in [-0.1, -0.05) is 28.1 Å². The Kier molecular flexibility index (Phi) is 3.95. The predicted molar refractivity (Wildman–Crippen MR) is 89.7 cm³/mol. The van der Waals surface area contributed by atoms with E-state index < -0.39 is 0 Å². The Morgan fingerprint density at radius 2 is 1.95 bits per heavy atom. The molecule has 1 nitrogen and oxygen atoms in total. The summed E-state index contributed by atoms with van der Waals surface area (Å²) >= 11 is 8.49. The minimum absolute atomic E-state index is 0.287. The van der Waals surface area contributed by atoms with Crippen molar-refractivity contribution in [3.05, 3.63) is 67.7 Å². The zero-order chi connectivity index (χ0) is 14.3. The molecule has 3 rings (SSSR count). The summed E-state index contributed by atoms with van der Waals surface area (Å²) in [5, 5.41) is 3.15. The van der Waals surface area contributed by atoms with Crippen LogP contribution in [-0.2, 0) is 0 Å². The minimum Gasteiger partial charge on any atom is -0.320 e. The summed E-state index contributed by atoms with van der Waals surface area (Å²) in [4.78, 5) is 0. The van der Waals surface area contributed by atoms with Gasteiger partial charge in [0, 0.05) is 13.6 Å². The van der Waals surface area contributed by atoms with Crippen LogP contribution in [0, 0.1) is 5.82 Å². The first kappa shape index (κ1) is 14.2. The van der Waals surface area contributed by atoms with Gasteiger partial charge in [-0.3, -0.25) is 0 Å². The number of nitrogens with two attached hydrogens (primary N) is 1. The van der Waals surface area contributed by atoms with Crippen LogP contribution in [0.25, 0.3) is 10.1 Å². The molecule has 2 aromatic carbocycles. The molecule has 102 valence electrons. The van der Waals surface area contributed by atoms with E-state index in [1.54, 1.807) is 11.3 Å². The average Bonchev–Trinajstić information content (AvgIpc) is 2.82. The van der Waals surface area contributed by atoms with Gasteiger partial charge in [0.25, 0.3) is 0 Å². The fourth-order valence-electron chi connectivity index (χ4n) is 2.22. The van der Waals surface area contributed by atoms with Crippen molar-refractivity contribution in [3.63, 3.8) is 0 Å². The molecular weight excluding hydrogens is 405 g/mol. The summed E-state index contributed by atoms with van der Waals surface area (Å²) in [6.07, 6.45) is 0. The highest BCUT2D eigenvalue weighted by molar-refractivity contribution is 9.11. The van der Waals surface area contributed by atoms with Crippen molar-refractivity contribution in [2.75, 3.05) is 0 Å². The van der Waals surface area contributed by atoms with Gasteiger partial charge in [-0.2, -0.15) is 0 Å². The van der Waals surface area contributed by atoms with Crippen LogP contribution in [0.1, 0.15) is 17.2 Å². The number of fused-ring (bicyclic) bond motifs is 1. The zero-order valence-corrected chi connectivity index (χ0v) is 14.2. The van der Waals surface area contributed by atoms with Gasteiger partial charge in [0.2, 0.25) is 0 Å². The van der Waals surface area contributed by atoms with E-state index in [2.05, 4.69) is 31.9 Å². The summed E-state index contributed by atoms with van der Waals surface area (Å²) < 4.78 is 16.4. The summed E-state index contributed by atoms with van der Waals surface area (Å²) in [5.74, 6) is -0.287. The largest absolute Gasteiger partial charge is 0.320 e. The summed E-state index contributed by atoms with van der Waals surface area (Å²) in [5.41, 5.74) is 8.10. The van der Waals surface area contributed by atoms with Gasteiger partial charge >= 0.3 is 0 Å². The third-order valence-corrected chi connectivity index (χ3v) is 5.59. The average molecular weight is 415 g/mol. The number of rotatable bonds is 2. The Morgan fingerprint density at radius 1 is 1.15 bits per heavy atom. The van der Waals surface area contributed by atoms with Gasteiger partial charge in [0.15, 0.2) is 0 Å². The number of halogens is 3. The van der Waals surface area contributed by atoms with Gasteiger partial charge < -0.3 is 5.73 Å². The van der Waals surface area contributed by atoms with Gasteiger partial charge in [-0.05, 0) is 62.1 Å². The predicted octanol–water partition coefficient (Wildman–Crippen LogP) is 5.61. The topological polar surface area (TPSA) is 26.0 Å². The molecule has 1 unspecified atom stereocenters. The lowest BCUT2D eigenvalue weighted by molar-refractivity contribution is 0.622. The summed E-state index contributed by atoms with van der Waals surface area (Å²) in [6.45, 7) is 0. The Labute approximate surface area is 136 Å². The van der Waals surface area contributed by atoms with Gasteiger partial charge in [0.1, 0.15) is 5.82 Å². The molecule has 0 saturated heterocycles. The monoisotopic (exact) mass is 413 g/mol. The third kappa shape index (κ3) is 2.55. The minimum atomic E-state index is -0.343. The van der Waals surface area contributed by atoms with Gasteiger partial charge in [-0.25, -0.2) is 4.39 Å². The molecule has 5 heteroatoms. The van der Waals surface area contributed by atoms with Crippen molar-refractivity contribution < 1.29 is 4.39 Å². The van der Waals surface area contributed by atoms with Gasteiger partial charge in [-0.15, -0.1) is 11.3 Å². The van der Waals surface area contributed by atoms with E-state index in [0.717, 1.165) is 25.7 Å². The lowest BCUT2D eigenvalue weighted by Crippen LogP contribution is -2.11. The molecule has 0 amide bonds. The van der Waals surface area contributed by atoms with Crippen LogP contribution in [0.2, 0.25) is 0 Å². The summed E-state index contributed by atoms with van der Waals surface area (Å²) in [7, 11) is 0. The molecule has 0 spiro atoms. The fraction of sp³-hybridized carbons (Fsp3) is 0.0667. The second-order valence-electron chi connectivity index (χ2n) is 4.49. The number of thiophene rings is 1. The van der Waals surface area contributed by atoms with Crippen molar-refractivity contribution in [2.24, 2.45) is 5.73 Å². The van der Waals surface area contributed by atoms with E-state index in [1.165, 1.54) is 12.1 Å². The van der Waals surface area contributed by atoms with E-state index in [1.807, 2.05) is 29.6 Å². The Bertz CT molecular complexity index is 764. The summed E-state index contributed by atoms with van der Waals surface area (Å²) in [6, 6.07) is 10.5. The maximum atomic E-state index is 13.5. The van der Waals surface area contributed by atoms with Crippen molar-refractivity contribution >= 4 is 53.3 Å². The normalized spacial score (nSPS) is 12.8. The molecule has 0 fully saturated rings. The van der Waals surface area contributed by atoms with Gasteiger partial charge in [0.05, 0.1) is 6.04 Å². The quantitative estimate of drug-likeness (QED) is 0.579. The number of hydrogen-bond donors (Lipinski definition) is 1. The van der Waals surface area contributed by atoms with Crippen LogP contribution < -0.4 is 5.73 Å². The molecule has 1 atom stereocenters. The molecule has 3 aromatic rings. The molecule has 0 aliphatic heterocycles. The molecule has 0 aliphatic rings. The SMILES string of the molecule is NC(c1cc(F)cc(Br)c1)c1csc2c(Br)cccc12. The molecule has 1 aromatic heterocycles. The standard InChI is InChI=1S/C15H10Br2FNS/c16-9-4-8(5-10(18)6-9)14(19)12-7-20-15-11(12)2-1-3-13(15)17/h1-7,14H,19H2. The maximum Gasteiger partial charge on any atom is 0.124 e. The molecule has 20 heavy (non-hydrogen) atoms. The van der Waals surface area contributed by atoms with Crippen LogP contribution in [0.5, 0.6) is 0 Å². The van der Waals surface area contributed by atoms with Crippen LogP contribution in [0.15, 0.2) is 50.7 Å². The first-order chi connectivity index (χ1) is 9.56. The Balaban J connectivity index is 2.13. The van der Waals surface area contributed by atoms with E-state index >= 15 is 0 Å². The molecule has 2 N–H and O–H groups in total. The van der Waals surface area contributed by atoms with E-state index in [4.69, 9.17) is 5.73 Å². The van der Waals surface area contributed by atoms with E-state index in [9.17, 15) is 4.39 Å². The molecule has 0 saturated carbocycles. The first-order valence-electron chi connectivity index (χ1n) is 5.93. The lowest BCUT2D eigenvalue weighted by Gasteiger charge is -2.12. The smallest absolute Gasteiger partial charge is 0.124 e. The van der Waals surface area contributed by atoms with Crippen molar-refractivity contribution in [1.82, 2.24) is 0 Å². The van der Waals surface area contributed by atoms with Crippen molar-refractivity contribution in [2.45, 2.75) is 6.04 Å². The second kappa shape index (κ2) is 5.56. The highest BCUT2D eigenvalue weighted by Gasteiger charge is 2.16. The maximum absolute atomic E-state index is 13.5. The second-order valence-corrected chi connectivity index (χ2v) is 7.14. The zero-order valence-electron chi connectivity index (χ0n) is 10.2. The van der Waals surface area contributed by atoms with Crippen molar-refractivity contribution in [1.29, 1.82) is 0 Å². The first-order valence-corrected chi connectivity index (χ1v) is 8.40. The third-order valence-electron chi connectivity index (χ3n) is 3.16. The van der Waals surface area contributed by atoms with Crippen molar-refractivity contribution in [3.8, 4) is 0 Å². The van der Waals surface area contributed by atoms with E-state index in [-0.39, 0.29) is 11.9 Å².